The highest BCUT2D eigenvalue weighted by molar-refractivity contribution is 5.77. The number of carbonyl (C=O) groups excluding carboxylic acids is 1. The Morgan fingerprint density at radius 1 is 1.29 bits per heavy atom. The van der Waals surface area contributed by atoms with Crippen molar-refractivity contribution in [1.29, 1.82) is 0 Å². The molecule has 1 fully saturated rings. The molecule has 1 saturated carbocycles. The zero-order valence-electron chi connectivity index (χ0n) is 14.1. The van der Waals surface area contributed by atoms with E-state index < -0.39 is 0 Å². The molecule has 1 aliphatic rings. The van der Waals surface area contributed by atoms with Crippen LogP contribution in [0.15, 0.2) is 42.7 Å². The Bertz CT molecular complexity index is 648. The number of nitrogens with zero attached hydrogens (tertiary/aromatic N) is 2. The van der Waals surface area contributed by atoms with Crippen molar-refractivity contribution in [3.8, 4) is 0 Å². The van der Waals surface area contributed by atoms with Crippen molar-refractivity contribution in [1.82, 2.24) is 9.55 Å². The molecule has 1 aromatic heterocycles. The number of imidazole rings is 1. The lowest BCUT2D eigenvalue weighted by molar-refractivity contribution is -0.297. The second-order valence-electron chi connectivity index (χ2n) is 6.32. The lowest BCUT2D eigenvalue weighted by Crippen LogP contribution is -2.21. The van der Waals surface area contributed by atoms with E-state index in [0.29, 0.717) is 13.0 Å². The standard InChI is InChI=1S/C19H24N2O3/c1-15-20-12-14-21(15)13-11-18(16-7-3-2-4-8-16)19(22)24-23-17-9-5-6-10-17/h2-4,7-8,12,14,17-18H,5-6,9-11,13H2,1H3. The SMILES string of the molecule is Cc1nccn1CCC(C(=O)OOC1CCCC1)c1ccccc1. The number of carbonyl (C=O) groups is 1. The number of benzene rings is 1. The molecule has 1 heterocycles. The fourth-order valence-corrected chi connectivity index (χ4v) is 3.17. The predicted molar refractivity (Wildman–Crippen MR) is 90.2 cm³/mol. The highest BCUT2D eigenvalue weighted by Gasteiger charge is 2.25. The summed E-state index contributed by atoms with van der Waals surface area (Å²) in [6.07, 6.45) is 8.63. The molecule has 5 heteroatoms. The third kappa shape index (κ3) is 4.23. The van der Waals surface area contributed by atoms with Gasteiger partial charge in [-0.2, -0.15) is 4.89 Å². The van der Waals surface area contributed by atoms with Crippen molar-refractivity contribution in [3.63, 3.8) is 0 Å². The van der Waals surface area contributed by atoms with E-state index in [0.717, 1.165) is 37.1 Å². The van der Waals surface area contributed by atoms with Crippen LogP contribution in [0.5, 0.6) is 0 Å². The van der Waals surface area contributed by atoms with E-state index in [1.807, 2.05) is 48.0 Å². The van der Waals surface area contributed by atoms with Gasteiger partial charge in [-0.15, -0.1) is 0 Å². The van der Waals surface area contributed by atoms with Gasteiger partial charge in [0.25, 0.3) is 0 Å². The van der Waals surface area contributed by atoms with Crippen LogP contribution in [0.25, 0.3) is 0 Å². The molecule has 0 aliphatic heterocycles. The molecular weight excluding hydrogens is 304 g/mol. The molecule has 128 valence electrons. The highest BCUT2D eigenvalue weighted by atomic mass is 17.2. The third-order valence-electron chi connectivity index (χ3n) is 4.64. The minimum Gasteiger partial charge on any atom is -0.335 e. The first kappa shape index (κ1) is 16.7. The van der Waals surface area contributed by atoms with Gasteiger partial charge in [0.1, 0.15) is 11.9 Å². The minimum atomic E-state index is -0.339. The third-order valence-corrected chi connectivity index (χ3v) is 4.64. The Morgan fingerprint density at radius 2 is 2.04 bits per heavy atom. The van der Waals surface area contributed by atoms with Gasteiger partial charge in [0.15, 0.2) is 0 Å². The van der Waals surface area contributed by atoms with Crippen LogP contribution in [0.1, 0.15) is 49.4 Å². The molecule has 0 saturated heterocycles. The van der Waals surface area contributed by atoms with Crippen LogP contribution in [0.4, 0.5) is 0 Å². The number of rotatable bonds is 7. The smallest absolute Gasteiger partial charge is 0.335 e. The Labute approximate surface area is 142 Å². The van der Waals surface area contributed by atoms with Crippen LogP contribution in [0.2, 0.25) is 0 Å². The molecule has 5 nitrogen and oxygen atoms in total. The topological polar surface area (TPSA) is 53.4 Å². The average Bonchev–Trinajstić information content (AvgIpc) is 3.26. The van der Waals surface area contributed by atoms with Gasteiger partial charge in [-0.05, 0) is 31.7 Å². The molecule has 1 aliphatic carbocycles. The number of aryl methyl sites for hydroxylation is 2. The molecule has 0 N–H and O–H groups in total. The van der Waals surface area contributed by atoms with Gasteiger partial charge < -0.3 is 4.57 Å². The molecule has 1 aromatic carbocycles. The zero-order valence-corrected chi connectivity index (χ0v) is 14.1. The molecule has 2 aromatic rings. The molecule has 1 unspecified atom stereocenters. The largest absolute Gasteiger partial charge is 0.349 e. The molecule has 0 bridgehead atoms. The second-order valence-corrected chi connectivity index (χ2v) is 6.32. The van der Waals surface area contributed by atoms with Crippen LogP contribution in [-0.4, -0.2) is 21.6 Å². The van der Waals surface area contributed by atoms with E-state index >= 15 is 0 Å². The van der Waals surface area contributed by atoms with Gasteiger partial charge >= 0.3 is 5.97 Å². The van der Waals surface area contributed by atoms with Crippen molar-refractivity contribution < 1.29 is 14.6 Å². The van der Waals surface area contributed by atoms with Gasteiger partial charge in [-0.25, -0.2) is 9.78 Å². The fourth-order valence-electron chi connectivity index (χ4n) is 3.17. The maximum Gasteiger partial charge on any atom is 0.349 e. The summed E-state index contributed by atoms with van der Waals surface area (Å²) < 4.78 is 2.04. The van der Waals surface area contributed by atoms with Crippen LogP contribution < -0.4 is 0 Å². The zero-order chi connectivity index (χ0) is 16.8. The van der Waals surface area contributed by atoms with E-state index in [1.165, 1.54) is 0 Å². The van der Waals surface area contributed by atoms with E-state index in [1.54, 1.807) is 6.20 Å². The molecule has 24 heavy (non-hydrogen) atoms. The number of aromatic nitrogens is 2. The van der Waals surface area contributed by atoms with Crippen molar-refractivity contribution >= 4 is 5.97 Å². The fraction of sp³-hybridized carbons (Fsp3) is 0.474. The van der Waals surface area contributed by atoms with Gasteiger partial charge in [0.05, 0.1) is 5.92 Å². The van der Waals surface area contributed by atoms with Crippen molar-refractivity contribution in [2.75, 3.05) is 0 Å². The summed E-state index contributed by atoms with van der Waals surface area (Å²) in [5.74, 6) is 0.289. The lowest BCUT2D eigenvalue weighted by Gasteiger charge is -2.17. The van der Waals surface area contributed by atoms with Gasteiger partial charge in [0, 0.05) is 18.9 Å². The maximum absolute atomic E-state index is 12.6. The normalized spacial score (nSPS) is 16.2. The van der Waals surface area contributed by atoms with Crippen molar-refractivity contribution in [2.45, 2.75) is 57.6 Å². The quantitative estimate of drug-likeness (QED) is 0.573. The molecular formula is C19H24N2O3. The molecule has 0 amide bonds. The molecule has 0 radical (unpaired) electrons. The van der Waals surface area contributed by atoms with Crippen molar-refractivity contribution in [3.05, 3.63) is 54.1 Å². The summed E-state index contributed by atoms with van der Waals surface area (Å²) in [6.45, 7) is 2.67. The monoisotopic (exact) mass is 328 g/mol. The van der Waals surface area contributed by atoms with Crippen LogP contribution >= 0.6 is 0 Å². The predicted octanol–water partition coefficient (Wildman–Crippen LogP) is 3.78. The van der Waals surface area contributed by atoms with Crippen molar-refractivity contribution in [2.24, 2.45) is 0 Å². The summed E-state index contributed by atoms with van der Waals surface area (Å²) in [4.78, 5) is 27.3. The Kier molecular flexibility index (Phi) is 5.64. The average molecular weight is 328 g/mol. The first-order valence-electron chi connectivity index (χ1n) is 8.64. The van der Waals surface area contributed by atoms with E-state index in [-0.39, 0.29) is 18.0 Å². The number of hydrogen-bond acceptors (Lipinski definition) is 4. The highest BCUT2D eigenvalue weighted by Crippen LogP contribution is 2.25. The summed E-state index contributed by atoms with van der Waals surface area (Å²) >= 11 is 0. The summed E-state index contributed by atoms with van der Waals surface area (Å²) in [5.41, 5.74) is 0.954. The lowest BCUT2D eigenvalue weighted by atomic mass is 9.96. The second kappa shape index (κ2) is 8.11. The first-order valence-corrected chi connectivity index (χ1v) is 8.64. The minimum absolute atomic E-state index is 0.0567. The van der Waals surface area contributed by atoms with Gasteiger partial charge in [-0.3, -0.25) is 4.89 Å². The van der Waals surface area contributed by atoms with Crippen LogP contribution in [0.3, 0.4) is 0 Å². The van der Waals surface area contributed by atoms with E-state index in [2.05, 4.69) is 4.98 Å². The van der Waals surface area contributed by atoms with E-state index in [4.69, 9.17) is 9.78 Å². The molecule has 3 rings (SSSR count). The van der Waals surface area contributed by atoms with Gasteiger partial charge in [-0.1, -0.05) is 43.2 Å². The van der Waals surface area contributed by atoms with Gasteiger partial charge in [0.2, 0.25) is 0 Å². The first-order chi connectivity index (χ1) is 11.7. The van der Waals surface area contributed by atoms with Crippen LogP contribution in [0, 0.1) is 6.92 Å². The number of hydrogen-bond donors (Lipinski definition) is 0. The Morgan fingerprint density at radius 3 is 2.71 bits per heavy atom. The molecule has 1 atom stereocenters. The van der Waals surface area contributed by atoms with E-state index in [9.17, 15) is 4.79 Å². The summed E-state index contributed by atoms with van der Waals surface area (Å²) in [7, 11) is 0. The summed E-state index contributed by atoms with van der Waals surface area (Å²) in [6, 6.07) is 9.75. The summed E-state index contributed by atoms with van der Waals surface area (Å²) in [5, 5.41) is 0. The maximum atomic E-state index is 12.6. The Hall–Kier alpha value is -2.14. The van der Waals surface area contributed by atoms with Crippen LogP contribution in [-0.2, 0) is 21.1 Å². The molecule has 0 spiro atoms. The Balaban J connectivity index is 1.64.